The largest absolute Gasteiger partial charge is 0.423 e. The molecule has 2 N–H and O–H groups in total. The number of nitrogens with zero attached hydrogens (tertiary/aromatic N) is 2. The summed E-state index contributed by atoms with van der Waals surface area (Å²) in [5.41, 5.74) is 9.17. The molecule has 3 rings (SSSR count). The van der Waals surface area contributed by atoms with E-state index in [9.17, 15) is 0 Å². The summed E-state index contributed by atoms with van der Waals surface area (Å²) in [4.78, 5) is 6.43. The van der Waals surface area contributed by atoms with Crippen LogP contribution < -0.4 is 10.6 Å². The molecule has 0 atom stereocenters. The van der Waals surface area contributed by atoms with Crippen molar-refractivity contribution in [2.45, 2.75) is 6.54 Å². The van der Waals surface area contributed by atoms with Gasteiger partial charge < -0.3 is 15.1 Å². The third kappa shape index (κ3) is 2.38. The van der Waals surface area contributed by atoms with Crippen molar-refractivity contribution >= 4 is 22.8 Å². The average Bonchev–Trinajstić information content (AvgIpc) is 2.83. The van der Waals surface area contributed by atoms with E-state index in [4.69, 9.17) is 10.2 Å². The highest BCUT2D eigenvalue weighted by Gasteiger charge is 2.10. The number of rotatable bonds is 3. The first-order valence-electron chi connectivity index (χ1n) is 6.13. The number of nitrogen functional groups attached to an aromatic ring is 1. The van der Waals surface area contributed by atoms with E-state index in [1.807, 2.05) is 42.3 Å². The molecule has 0 spiro atoms. The number of nitrogens with two attached hydrogens (primary N) is 1. The number of hydrogen-bond donors (Lipinski definition) is 1. The molecule has 0 amide bonds. The third-order valence-electron chi connectivity index (χ3n) is 2.99. The first-order chi connectivity index (χ1) is 9.22. The fourth-order valence-electron chi connectivity index (χ4n) is 2.02. The second kappa shape index (κ2) is 4.65. The van der Waals surface area contributed by atoms with E-state index in [1.165, 1.54) is 5.56 Å². The van der Waals surface area contributed by atoms with Crippen LogP contribution in [0.5, 0.6) is 0 Å². The number of aromatic nitrogens is 1. The molecule has 1 aromatic heterocycles. The van der Waals surface area contributed by atoms with Crippen LogP contribution in [-0.2, 0) is 6.54 Å². The van der Waals surface area contributed by atoms with Gasteiger partial charge in [0.25, 0.3) is 6.01 Å². The minimum Gasteiger partial charge on any atom is -0.423 e. The zero-order valence-corrected chi connectivity index (χ0v) is 10.7. The highest BCUT2D eigenvalue weighted by Crippen LogP contribution is 2.23. The Hall–Kier alpha value is -2.49. The van der Waals surface area contributed by atoms with Crippen LogP contribution in [0.1, 0.15) is 5.56 Å². The molecule has 0 bridgehead atoms. The van der Waals surface area contributed by atoms with E-state index < -0.39 is 0 Å². The van der Waals surface area contributed by atoms with E-state index in [-0.39, 0.29) is 0 Å². The summed E-state index contributed by atoms with van der Waals surface area (Å²) in [6.45, 7) is 0.753. The van der Waals surface area contributed by atoms with Crippen LogP contribution in [0.25, 0.3) is 11.1 Å². The number of benzene rings is 2. The molecular formula is C15H15N3O. The summed E-state index contributed by atoms with van der Waals surface area (Å²) in [6.07, 6.45) is 0. The Morgan fingerprint density at radius 2 is 1.95 bits per heavy atom. The van der Waals surface area contributed by atoms with E-state index in [0.29, 0.717) is 11.7 Å². The van der Waals surface area contributed by atoms with E-state index >= 15 is 0 Å². The third-order valence-corrected chi connectivity index (χ3v) is 2.99. The highest BCUT2D eigenvalue weighted by atomic mass is 16.4. The SMILES string of the molecule is CN(Cc1ccccc1)c1nc2ccc(N)cc2o1. The van der Waals surface area contributed by atoms with Crippen LogP contribution in [0.4, 0.5) is 11.7 Å². The lowest BCUT2D eigenvalue weighted by molar-refractivity contribution is 0.582. The van der Waals surface area contributed by atoms with Gasteiger partial charge in [-0.2, -0.15) is 4.98 Å². The predicted molar refractivity (Wildman–Crippen MR) is 77.0 cm³/mol. The van der Waals surface area contributed by atoms with Crippen LogP contribution in [0.3, 0.4) is 0 Å². The van der Waals surface area contributed by atoms with Crippen molar-refractivity contribution in [3.05, 3.63) is 54.1 Å². The molecule has 0 aliphatic carbocycles. The maximum absolute atomic E-state index is 5.73. The van der Waals surface area contributed by atoms with Crippen molar-refractivity contribution in [2.75, 3.05) is 17.7 Å². The van der Waals surface area contributed by atoms with Gasteiger partial charge in [-0.25, -0.2) is 0 Å². The van der Waals surface area contributed by atoms with Gasteiger partial charge in [0.2, 0.25) is 0 Å². The number of anilines is 2. The van der Waals surface area contributed by atoms with Gasteiger partial charge in [-0.1, -0.05) is 30.3 Å². The molecule has 96 valence electrons. The lowest BCUT2D eigenvalue weighted by atomic mass is 10.2. The molecule has 0 aliphatic heterocycles. The van der Waals surface area contributed by atoms with Crippen molar-refractivity contribution in [1.82, 2.24) is 4.98 Å². The molecule has 1 heterocycles. The minimum absolute atomic E-state index is 0.601. The van der Waals surface area contributed by atoms with Gasteiger partial charge in [0.15, 0.2) is 5.58 Å². The summed E-state index contributed by atoms with van der Waals surface area (Å²) in [7, 11) is 1.96. The maximum atomic E-state index is 5.73. The molecular weight excluding hydrogens is 238 g/mol. The Bertz CT molecular complexity index is 691. The first kappa shape index (κ1) is 11.6. The molecule has 4 nitrogen and oxygen atoms in total. The van der Waals surface area contributed by atoms with Gasteiger partial charge in [0.1, 0.15) is 5.52 Å². The van der Waals surface area contributed by atoms with Crippen LogP contribution in [0.15, 0.2) is 52.9 Å². The summed E-state index contributed by atoms with van der Waals surface area (Å²) < 4.78 is 5.72. The standard InChI is InChI=1S/C15H15N3O/c1-18(10-11-5-3-2-4-6-11)15-17-13-8-7-12(16)9-14(13)19-15/h2-9H,10,16H2,1H3. The molecule has 2 aromatic carbocycles. The first-order valence-corrected chi connectivity index (χ1v) is 6.13. The minimum atomic E-state index is 0.601. The molecule has 0 fully saturated rings. The number of hydrogen-bond acceptors (Lipinski definition) is 4. The normalized spacial score (nSPS) is 10.8. The quantitative estimate of drug-likeness (QED) is 0.729. The lowest BCUT2D eigenvalue weighted by Gasteiger charge is -2.13. The lowest BCUT2D eigenvalue weighted by Crippen LogP contribution is -2.16. The van der Waals surface area contributed by atoms with Gasteiger partial charge in [-0.05, 0) is 17.7 Å². The second-order valence-electron chi connectivity index (χ2n) is 4.57. The van der Waals surface area contributed by atoms with Crippen LogP contribution >= 0.6 is 0 Å². The maximum Gasteiger partial charge on any atom is 0.298 e. The Morgan fingerprint density at radius 1 is 1.16 bits per heavy atom. The number of oxazole rings is 1. The van der Waals surface area contributed by atoms with Crippen molar-refractivity contribution in [2.24, 2.45) is 0 Å². The van der Waals surface area contributed by atoms with E-state index in [1.54, 1.807) is 6.07 Å². The Kier molecular flexibility index (Phi) is 2.83. The Morgan fingerprint density at radius 3 is 2.74 bits per heavy atom. The topological polar surface area (TPSA) is 55.3 Å². The van der Waals surface area contributed by atoms with Gasteiger partial charge in [-0.15, -0.1) is 0 Å². The Balaban J connectivity index is 1.87. The summed E-state index contributed by atoms with van der Waals surface area (Å²) in [5.74, 6) is 0. The molecule has 0 saturated heterocycles. The smallest absolute Gasteiger partial charge is 0.298 e. The van der Waals surface area contributed by atoms with Gasteiger partial charge in [0.05, 0.1) is 0 Å². The van der Waals surface area contributed by atoms with Gasteiger partial charge in [-0.3, -0.25) is 0 Å². The van der Waals surface area contributed by atoms with Crippen molar-refractivity contribution < 1.29 is 4.42 Å². The summed E-state index contributed by atoms with van der Waals surface area (Å²) >= 11 is 0. The average molecular weight is 253 g/mol. The van der Waals surface area contributed by atoms with Crippen molar-refractivity contribution in [3.8, 4) is 0 Å². The summed E-state index contributed by atoms with van der Waals surface area (Å²) in [5, 5.41) is 0. The molecule has 0 radical (unpaired) electrons. The van der Waals surface area contributed by atoms with Gasteiger partial charge >= 0.3 is 0 Å². The Labute approximate surface area is 111 Å². The zero-order valence-electron chi connectivity index (χ0n) is 10.7. The molecule has 0 unspecified atom stereocenters. The van der Waals surface area contributed by atoms with Crippen molar-refractivity contribution in [3.63, 3.8) is 0 Å². The molecule has 0 saturated carbocycles. The summed E-state index contributed by atoms with van der Waals surface area (Å²) in [6, 6.07) is 16.3. The molecule has 4 heteroatoms. The highest BCUT2D eigenvalue weighted by molar-refractivity contribution is 5.78. The fraction of sp³-hybridized carbons (Fsp3) is 0.133. The van der Waals surface area contributed by atoms with Crippen LogP contribution in [-0.4, -0.2) is 12.0 Å². The van der Waals surface area contributed by atoms with Gasteiger partial charge in [0, 0.05) is 25.3 Å². The monoisotopic (exact) mass is 253 g/mol. The fourth-order valence-corrected chi connectivity index (χ4v) is 2.02. The van der Waals surface area contributed by atoms with E-state index in [0.717, 1.165) is 17.6 Å². The predicted octanol–water partition coefficient (Wildman–Crippen LogP) is 3.05. The second-order valence-corrected chi connectivity index (χ2v) is 4.57. The van der Waals surface area contributed by atoms with Crippen LogP contribution in [0.2, 0.25) is 0 Å². The zero-order chi connectivity index (χ0) is 13.2. The van der Waals surface area contributed by atoms with Crippen LogP contribution in [0, 0.1) is 0 Å². The van der Waals surface area contributed by atoms with Crippen molar-refractivity contribution in [1.29, 1.82) is 0 Å². The molecule has 0 aliphatic rings. The molecule has 3 aromatic rings. The molecule has 19 heavy (non-hydrogen) atoms. The van der Waals surface area contributed by atoms with E-state index in [2.05, 4.69) is 17.1 Å². The number of fused-ring (bicyclic) bond motifs is 1.